The maximum atomic E-state index is 8.59. The van der Waals surface area contributed by atoms with Crippen molar-refractivity contribution in [1.82, 2.24) is 9.97 Å². The van der Waals surface area contributed by atoms with Crippen molar-refractivity contribution in [2.24, 2.45) is 0 Å². The van der Waals surface area contributed by atoms with Gasteiger partial charge in [0.25, 0.3) is 0 Å². The lowest BCUT2D eigenvalue weighted by molar-refractivity contribution is 1.07. The molecule has 1 N–H and O–H groups in total. The van der Waals surface area contributed by atoms with Crippen LogP contribution in [-0.2, 0) is 6.54 Å². The molecule has 1 heterocycles. The Morgan fingerprint density at radius 2 is 2.18 bits per heavy atom. The van der Waals surface area contributed by atoms with Gasteiger partial charge in [0.05, 0.1) is 12.4 Å². The molecule has 0 saturated heterocycles. The molecule has 1 aromatic carbocycles. The van der Waals surface area contributed by atoms with Crippen LogP contribution in [0.25, 0.3) is 0 Å². The number of nitriles is 1. The molecule has 0 saturated carbocycles. The molecular weight excluding hydrogens is 212 g/mol. The first-order valence-electron chi connectivity index (χ1n) is 5.29. The first-order chi connectivity index (χ1) is 8.28. The zero-order valence-corrected chi connectivity index (χ0v) is 9.51. The molecule has 4 heteroatoms. The summed E-state index contributed by atoms with van der Waals surface area (Å²) in [5.74, 6) is 0.672. The van der Waals surface area contributed by atoms with E-state index in [4.69, 9.17) is 5.26 Å². The molecule has 4 nitrogen and oxygen atoms in total. The van der Waals surface area contributed by atoms with Crippen LogP contribution in [0.1, 0.15) is 16.8 Å². The Kier molecular flexibility index (Phi) is 3.31. The Hall–Kier alpha value is -2.41. The van der Waals surface area contributed by atoms with Gasteiger partial charge in [0, 0.05) is 6.54 Å². The van der Waals surface area contributed by atoms with Crippen molar-refractivity contribution in [2.45, 2.75) is 13.5 Å². The van der Waals surface area contributed by atoms with Gasteiger partial charge in [-0.05, 0) is 12.5 Å². The van der Waals surface area contributed by atoms with Crippen LogP contribution in [0.4, 0.5) is 5.82 Å². The van der Waals surface area contributed by atoms with Crippen molar-refractivity contribution in [1.29, 1.82) is 5.26 Å². The van der Waals surface area contributed by atoms with Crippen molar-refractivity contribution >= 4 is 5.82 Å². The molecule has 2 aromatic rings. The summed E-state index contributed by atoms with van der Waals surface area (Å²) in [7, 11) is 0. The van der Waals surface area contributed by atoms with Crippen molar-refractivity contribution in [3.63, 3.8) is 0 Å². The van der Waals surface area contributed by atoms with Gasteiger partial charge in [-0.25, -0.2) is 9.97 Å². The number of hydrogen-bond acceptors (Lipinski definition) is 4. The highest BCUT2D eigenvalue weighted by molar-refractivity contribution is 5.35. The van der Waals surface area contributed by atoms with Crippen LogP contribution < -0.4 is 5.32 Å². The third-order valence-corrected chi connectivity index (χ3v) is 2.32. The second-order valence-electron chi connectivity index (χ2n) is 3.74. The average molecular weight is 224 g/mol. The fourth-order valence-corrected chi connectivity index (χ4v) is 1.49. The zero-order valence-electron chi connectivity index (χ0n) is 9.51. The molecule has 0 aliphatic rings. The SMILES string of the molecule is Cc1cccc(CNc2cnc(C#N)cn2)c1. The normalized spacial score (nSPS) is 9.65. The van der Waals surface area contributed by atoms with Crippen molar-refractivity contribution in [3.8, 4) is 6.07 Å². The predicted molar refractivity (Wildman–Crippen MR) is 65.3 cm³/mol. The molecule has 2 rings (SSSR count). The van der Waals surface area contributed by atoms with Gasteiger partial charge in [-0.15, -0.1) is 0 Å². The largest absolute Gasteiger partial charge is 0.365 e. The minimum atomic E-state index is 0.325. The maximum Gasteiger partial charge on any atom is 0.158 e. The van der Waals surface area contributed by atoms with Gasteiger partial charge in [0.1, 0.15) is 11.9 Å². The minimum Gasteiger partial charge on any atom is -0.365 e. The van der Waals surface area contributed by atoms with Crippen molar-refractivity contribution in [2.75, 3.05) is 5.32 Å². The lowest BCUT2D eigenvalue weighted by Crippen LogP contribution is -2.02. The quantitative estimate of drug-likeness (QED) is 0.868. The standard InChI is InChI=1S/C13H12N4/c1-10-3-2-4-11(5-10)7-16-13-9-15-12(6-14)8-17-13/h2-5,8-9H,7H2,1H3,(H,16,17). The molecule has 0 atom stereocenters. The number of hydrogen-bond donors (Lipinski definition) is 1. The Labute approximate surface area is 100.0 Å². The Morgan fingerprint density at radius 1 is 1.29 bits per heavy atom. The van der Waals surface area contributed by atoms with E-state index < -0.39 is 0 Å². The van der Waals surface area contributed by atoms with Gasteiger partial charge in [-0.1, -0.05) is 29.8 Å². The van der Waals surface area contributed by atoms with Gasteiger partial charge in [0.15, 0.2) is 5.69 Å². The zero-order chi connectivity index (χ0) is 12.1. The van der Waals surface area contributed by atoms with E-state index in [-0.39, 0.29) is 0 Å². The topological polar surface area (TPSA) is 61.6 Å². The minimum absolute atomic E-state index is 0.325. The average Bonchev–Trinajstić information content (AvgIpc) is 2.37. The number of nitrogens with one attached hydrogen (secondary N) is 1. The molecule has 1 aromatic heterocycles. The number of rotatable bonds is 3. The summed E-state index contributed by atoms with van der Waals surface area (Å²) < 4.78 is 0. The molecule has 0 radical (unpaired) electrons. The number of benzene rings is 1. The van der Waals surface area contributed by atoms with Crippen LogP contribution in [0.5, 0.6) is 0 Å². The van der Waals surface area contributed by atoms with E-state index in [2.05, 4.69) is 40.4 Å². The summed E-state index contributed by atoms with van der Waals surface area (Å²) in [6.45, 7) is 2.76. The Bertz CT molecular complexity index is 540. The Morgan fingerprint density at radius 3 is 2.82 bits per heavy atom. The molecule has 0 bridgehead atoms. The van der Waals surface area contributed by atoms with Crippen molar-refractivity contribution in [3.05, 3.63) is 53.5 Å². The summed E-state index contributed by atoms with van der Waals surface area (Å²) in [6.07, 6.45) is 3.02. The van der Waals surface area contributed by atoms with E-state index in [1.165, 1.54) is 17.3 Å². The molecule has 0 fully saturated rings. The predicted octanol–water partition coefficient (Wildman–Crippen LogP) is 2.27. The summed E-state index contributed by atoms with van der Waals surface area (Å²) in [5, 5.41) is 11.8. The lowest BCUT2D eigenvalue weighted by Gasteiger charge is -2.05. The van der Waals surface area contributed by atoms with Gasteiger partial charge >= 0.3 is 0 Å². The number of nitrogens with zero attached hydrogens (tertiary/aromatic N) is 3. The molecule has 84 valence electrons. The molecule has 0 amide bonds. The van der Waals surface area contributed by atoms with Crippen LogP contribution in [0, 0.1) is 18.3 Å². The van der Waals surface area contributed by atoms with Gasteiger partial charge in [0.2, 0.25) is 0 Å². The highest BCUT2D eigenvalue weighted by Crippen LogP contribution is 2.07. The summed E-state index contributed by atoms with van der Waals surface area (Å²) in [5.41, 5.74) is 2.75. The van der Waals surface area contributed by atoms with E-state index in [9.17, 15) is 0 Å². The van der Waals surface area contributed by atoms with E-state index >= 15 is 0 Å². The molecule has 17 heavy (non-hydrogen) atoms. The van der Waals surface area contributed by atoms with Crippen LogP contribution >= 0.6 is 0 Å². The van der Waals surface area contributed by atoms with Crippen molar-refractivity contribution < 1.29 is 0 Å². The summed E-state index contributed by atoms with van der Waals surface area (Å²) in [4.78, 5) is 8.03. The molecule has 0 aliphatic heterocycles. The first kappa shape index (κ1) is 11.1. The highest BCUT2D eigenvalue weighted by Gasteiger charge is 1.97. The molecular formula is C13H12N4. The number of anilines is 1. The third kappa shape index (κ3) is 3.02. The van der Waals surface area contributed by atoms with E-state index in [0.29, 0.717) is 18.1 Å². The Balaban J connectivity index is 2.00. The monoisotopic (exact) mass is 224 g/mol. The molecule has 0 aliphatic carbocycles. The van der Waals surface area contributed by atoms with Gasteiger partial charge < -0.3 is 5.32 Å². The van der Waals surface area contributed by atoms with Crippen LogP contribution in [0.2, 0.25) is 0 Å². The molecule has 0 spiro atoms. The smallest absolute Gasteiger partial charge is 0.158 e. The maximum absolute atomic E-state index is 8.59. The first-order valence-corrected chi connectivity index (χ1v) is 5.29. The summed E-state index contributed by atoms with van der Waals surface area (Å²) in [6, 6.07) is 10.2. The fraction of sp³-hybridized carbons (Fsp3) is 0.154. The van der Waals surface area contributed by atoms with Gasteiger partial charge in [-0.3, -0.25) is 0 Å². The second kappa shape index (κ2) is 5.08. The van der Waals surface area contributed by atoms with E-state index in [1.807, 2.05) is 12.1 Å². The highest BCUT2D eigenvalue weighted by atomic mass is 15.0. The number of aryl methyl sites for hydroxylation is 1. The van der Waals surface area contributed by atoms with E-state index in [0.717, 1.165) is 0 Å². The number of aromatic nitrogens is 2. The lowest BCUT2D eigenvalue weighted by atomic mass is 10.1. The van der Waals surface area contributed by atoms with Crippen LogP contribution in [0.3, 0.4) is 0 Å². The van der Waals surface area contributed by atoms with E-state index in [1.54, 1.807) is 6.20 Å². The van der Waals surface area contributed by atoms with Gasteiger partial charge in [-0.2, -0.15) is 5.26 Å². The van der Waals surface area contributed by atoms with Crippen LogP contribution in [0.15, 0.2) is 36.7 Å². The van der Waals surface area contributed by atoms with Crippen LogP contribution in [-0.4, -0.2) is 9.97 Å². The molecule has 0 unspecified atom stereocenters. The summed E-state index contributed by atoms with van der Waals surface area (Å²) >= 11 is 0. The third-order valence-electron chi connectivity index (χ3n) is 2.32. The fourth-order valence-electron chi connectivity index (χ4n) is 1.49. The second-order valence-corrected chi connectivity index (χ2v) is 3.74.